The first-order valence-corrected chi connectivity index (χ1v) is 11.0. The Morgan fingerprint density at radius 2 is 1.93 bits per heavy atom. The fraction of sp³-hybridized carbons (Fsp3) is 0.478. The van der Waals surface area contributed by atoms with Crippen molar-refractivity contribution in [3.05, 3.63) is 53.0 Å². The van der Waals surface area contributed by atoms with Crippen LogP contribution < -0.4 is 0 Å². The summed E-state index contributed by atoms with van der Waals surface area (Å²) < 4.78 is 16.2. The van der Waals surface area contributed by atoms with Crippen LogP contribution >= 0.6 is 0 Å². The summed E-state index contributed by atoms with van der Waals surface area (Å²) in [6, 6.07) is 6.45. The number of likely N-dealkylation sites (tertiary alicyclic amines) is 1. The number of carbonyl (C=O) groups is 1. The van der Waals surface area contributed by atoms with Crippen LogP contribution in [0, 0.1) is 5.82 Å². The average Bonchev–Trinajstić information content (AvgIpc) is 3.38. The van der Waals surface area contributed by atoms with Gasteiger partial charge < -0.3 is 9.47 Å². The van der Waals surface area contributed by atoms with Crippen molar-refractivity contribution in [1.82, 2.24) is 24.6 Å². The molecule has 3 aliphatic rings. The summed E-state index contributed by atoms with van der Waals surface area (Å²) in [7, 11) is 0. The number of benzene rings is 1. The summed E-state index contributed by atoms with van der Waals surface area (Å²) in [5.74, 6) is 2.35. The molecule has 1 aliphatic carbocycles. The van der Waals surface area contributed by atoms with E-state index in [1.54, 1.807) is 6.07 Å². The molecule has 4 heterocycles. The van der Waals surface area contributed by atoms with Crippen LogP contribution in [0.25, 0.3) is 10.9 Å². The largest absolute Gasteiger partial charge is 0.338 e. The molecule has 1 aromatic carbocycles. The summed E-state index contributed by atoms with van der Waals surface area (Å²) in [4.78, 5) is 20.2. The first kappa shape index (κ1) is 18.0. The van der Waals surface area contributed by atoms with E-state index in [1.807, 2.05) is 11.0 Å². The molecule has 30 heavy (non-hydrogen) atoms. The van der Waals surface area contributed by atoms with Gasteiger partial charge in [-0.3, -0.25) is 9.78 Å². The Morgan fingerprint density at radius 3 is 2.80 bits per heavy atom. The van der Waals surface area contributed by atoms with E-state index >= 15 is 0 Å². The van der Waals surface area contributed by atoms with E-state index in [4.69, 9.17) is 4.98 Å². The van der Waals surface area contributed by atoms with Gasteiger partial charge in [0.15, 0.2) is 0 Å². The van der Waals surface area contributed by atoms with E-state index in [0.29, 0.717) is 35.5 Å². The predicted octanol–water partition coefficient (Wildman–Crippen LogP) is 3.81. The van der Waals surface area contributed by atoms with Crippen LogP contribution in [-0.4, -0.2) is 43.6 Å². The van der Waals surface area contributed by atoms with Crippen LogP contribution in [0.5, 0.6) is 0 Å². The SMILES string of the molecule is O=C(c1cc(C2CC2)nc2ccc(F)cc12)N1CCCC(c2nnc3n2CCC3)C1. The van der Waals surface area contributed by atoms with Crippen molar-refractivity contribution in [3.63, 3.8) is 0 Å². The first-order valence-electron chi connectivity index (χ1n) is 11.0. The number of fused-ring (bicyclic) bond motifs is 2. The zero-order valence-electron chi connectivity index (χ0n) is 16.9. The molecule has 6 nitrogen and oxygen atoms in total. The lowest BCUT2D eigenvalue weighted by Gasteiger charge is -2.32. The lowest BCUT2D eigenvalue weighted by Crippen LogP contribution is -2.40. The summed E-state index contributed by atoms with van der Waals surface area (Å²) in [6.07, 6.45) is 6.27. The fourth-order valence-electron chi connectivity index (χ4n) is 5.00. The summed E-state index contributed by atoms with van der Waals surface area (Å²) in [5.41, 5.74) is 2.24. The van der Waals surface area contributed by atoms with Crippen LogP contribution in [0.15, 0.2) is 24.3 Å². The van der Waals surface area contributed by atoms with Gasteiger partial charge in [0.1, 0.15) is 17.5 Å². The maximum absolute atomic E-state index is 14.0. The minimum absolute atomic E-state index is 0.0271. The van der Waals surface area contributed by atoms with Crippen LogP contribution in [0.2, 0.25) is 0 Å². The third-order valence-electron chi connectivity index (χ3n) is 6.73. The molecule has 2 fully saturated rings. The van der Waals surface area contributed by atoms with E-state index in [0.717, 1.165) is 62.4 Å². The van der Waals surface area contributed by atoms with Crippen LogP contribution in [-0.2, 0) is 13.0 Å². The van der Waals surface area contributed by atoms with Gasteiger partial charge in [0.05, 0.1) is 11.1 Å². The number of carbonyl (C=O) groups excluding carboxylic acids is 1. The highest BCUT2D eigenvalue weighted by molar-refractivity contribution is 6.06. The molecule has 1 atom stereocenters. The second kappa shape index (κ2) is 6.86. The average molecular weight is 405 g/mol. The monoisotopic (exact) mass is 405 g/mol. The van der Waals surface area contributed by atoms with E-state index in [1.165, 1.54) is 12.1 Å². The van der Waals surface area contributed by atoms with Crippen molar-refractivity contribution in [1.29, 1.82) is 0 Å². The molecule has 154 valence electrons. The third-order valence-corrected chi connectivity index (χ3v) is 6.73. The van der Waals surface area contributed by atoms with Gasteiger partial charge in [-0.2, -0.15) is 0 Å². The third kappa shape index (κ3) is 2.99. The van der Waals surface area contributed by atoms with Crippen molar-refractivity contribution in [2.75, 3.05) is 13.1 Å². The van der Waals surface area contributed by atoms with Crippen molar-refractivity contribution in [2.24, 2.45) is 0 Å². The molecule has 2 aliphatic heterocycles. The van der Waals surface area contributed by atoms with E-state index < -0.39 is 0 Å². The second-order valence-electron chi connectivity index (χ2n) is 8.85. The van der Waals surface area contributed by atoms with Gasteiger partial charge in [0.2, 0.25) is 0 Å². The number of pyridine rings is 1. The molecule has 0 spiro atoms. The molecule has 1 saturated heterocycles. The van der Waals surface area contributed by atoms with Gasteiger partial charge in [-0.1, -0.05) is 0 Å². The van der Waals surface area contributed by atoms with Gasteiger partial charge in [-0.05, 0) is 56.4 Å². The molecule has 1 amide bonds. The molecule has 1 unspecified atom stereocenters. The van der Waals surface area contributed by atoms with Crippen molar-refractivity contribution in [2.45, 2.75) is 56.9 Å². The number of halogens is 1. The standard InChI is InChI=1S/C23H24FN5O/c24-16-7-8-19-17(11-16)18(12-20(25-19)14-5-6-14)23(30)28-9-1-3-15(13-28)22-27-26-21-4-2-10-29(21)22/h7-8,11-12,14-15H,1-6,9-10,13H2. The number of aromatic nitrogens is 4. The summed E-state index contributed by atoms with van der Waals surface area (Å²) in [6.45, 7) is 2.32. The van der Waals surface area contributed by atoms with Gasteiger partial charge in [-0.25, -0.2) is 4.39 Å². The Labute approximate surface area is 174 Å². The molecule has 7 heteroatoms. The van der Waals surface area contributed by atoms with Gasteiger partial charge in [-0.15, -0.1) is 10.2 Å². The molecular weight excluding hydrogens is 381 g/mol. The molecule has 6 rings (SSSR count). The van der Waals surface area contributed by atoms with Gasteiger partial charge in [0.25, 0.3) is 5.91 Å². The maximum Gasteiger partial charge on any atom is 0.254 e. The minimum atomic E-state index is -0.340. The Kier molecular flexibility index (Phi) is 4.11. The molecule has 3 aromatic rings. The molecule has 1 saturated carbocycles. The Morgan fingerprint density at radius 1 is 1.03 bits per heavy atom. The zero-order chi connectivity index (χ0) is 20.2. The number of hydrogen-bond donors (Lipinski definition) is 0. The first-order chi connectivity index (χ1) is 14.7. The number of piperidine rings is 1. The second-order valence-corrected chi connectivity index (χ2v) is 8.85. The highest BCUT2D eigenvalue weighted by Gasteiger charge is 2.32. The lowest BCUT2D eigenvalue weighted by molar-refractivity contribution is 0.0705. The van der Waals surface area contributed by atoms with E-state index in [2.05, 4.69) is 14.8 Å². The smallest absolute Gasteiger partial charge is 0.254 e. The van der Waals surface area contributed by atoms with Crippen LogP contribution in [0.1, 0.15) is 71.6 Å². The topological polar surface area (TPSA) is 63.9 Å². The summed E-state index contributed by atoms with van der Waals surface area (Å²) >= 11 is 0. The van der Waals surface area contributed by atoms with Crippen LogP contribution in [0.3, 0.4) is 0 Å². The zero-order valence-corrected chi connectivity index (χ0v) is 16.9. The predicted molar refractivity (Wildman–Crippen MR) is 110 cm³/mol. The highest BCUT2D eigenvalue weighted by atomic mass is 19.1. The number of nitrogens with zero attached hydrogens (tertiary/aromatic N) is 5. The molecule has 2 aromatic heterocycles. The van der Waals surface area contributed by atoms with Gasteiger partial charge >= 0.3 is 0 Å². The fourth-order valence-corrected chi connectivity index (χ4v) is 5.00. The maximum atomic E-state index is 14.0. The molecule has 0 radical (unpaired) electrons. The molecular formula is C23H24FN5O. The van der Waals surface area contributed by atoms with E-state index in [9.17, 15) is 9.18 Å². The number of amides is 1. The Balaban J connectivity index is 1.34. The minimum Gasteiger partial charge on any atom is -0.338 e. The number of rotatable bonds is 3. The van der Waals surface area contributed by atoms with Gasteiger partial charge in [0, 0.05) is 49.0 Å². The van der Waals surface area contributed by atoms with Crippen molar-refractivity contribution < 1.29 is 9.18 Å². The van der Waals surface area contributed by atoms with Crippen molar-refractivity contribution in [3.8, 4) is 0 Å². The molecule has 0 N–H and O–H groups in total. The lowest BCUT2D eigenvalue weighted by atomic mass is 9.95. The quantitative estimate of drug-likeness (QED) is 0.665. The highest BCUT2D eigenvalue weighted by Crippen LogP contribution is 2.40. The van der Waals surface area contributed by atoms with E-state index in [-0.39, 0.29) is 17.6 Å². The number of aryl methyl sites for hydroxylation is 1. The number of hydrogen-bond acceptors (Lipinski definition) is 4. The van der Waals surface area contributed by atoms with Crippen LogP contribution in [0.4, 0.5) is 4.39 Å². The van der Waals surface area contributed by atoms with Crippen molar-refractivity contribution >= 4 is 16.8 Å². The Bertz CT molecular complexity index is 1150. The Hall–Kier alpha value is -2.83. The molecule has 0 bridgehead atoms. The normalized spacial score (nSPS) is 21.2. The summed E-state index contributed by atoms with van der Waals surface area (Å²) in [5, 5.41) is 9.41.